The van der Waals surface area contributed by atoms with Crippen molar-refractivity contribution < 1.29 is 14.2 Å². The second kappa shape index (κ2) is 8.26. The number of nitrogens with zero attached hydrogens (tertiary/aromatic N) is 2. The van der Waals surface area contributed by atoms with Crippen LogP contribution in [-0.2, 0) is 11.3 Å². The number of para-hydroxylation sites is 1. The van der Waals surface area contributed by atoms with Crippen molar-refractivity contribution in [1.82, 2.24) is 10.3 Å². The molecule has 0 spiro atoms. The number of carbonyl (C=O) groups excluding carboxylic acids is 1. The Bertz CT molecular complexity index is 874. The number of anilines is 2. The Balaban J connectivity index is 1.61. The van der Waals surface area contributed by atoms with Crippen LogP contribution in [0.1, 0.15) is 18.2 Å². The number of nitrogens with one attached hydrogen (secondary N) is 3. The average Bonchev–Trinajstić information content (AvgIpc) is 3.11. The number of hydrogen-bond donors (Lipinski definition) is 3. The van der Waals surface area contributed by atoms with E-state index >= 15 is 0 Å². The number of hydrogen-bond acceptors (Lipinski definition) is 3. The summed E-state index contributed by atoms with van der Waals surface area (Å²) in [6, 6.07) is 14.8. The molecule has 0 aliphatic carbocycles. The monoisotopic (exact) mass is 352 g/mol. The van der Waals surface area contributed by atoms with Crippen LogP contribution in [0, 0.1) is 6.92 Å². The number of H-pyrrole nitrogens is 1. The van der Waals surface area contributed by atoms with Gasteiger partial charge in [-0.1, -0.05) is 23.4 Å². The first-order chi connectivity index (χ1) is 12.7. The van der Waals surface area contributed by atoms with Crippen LogP contribution < -0.4 is 15.3 Å². The molecule has 0 aliphatic heterocycles. The molecular formula is C19H22N5O2+. The molecule has 0 atom stereocenters. The summed E-state index contributed by atoms with van der Waals surface area (Å²) in [4.78, 5) is 12.1. The van der Waals surface area contributed by atoms with Gasteiger partial charge in [0.15, 0.2) is 11.9 Å². The Labute approximate surface area is 152 Å². The van der Waals surface area contributed by atoms with E-state index in [1.807, 2.05) is 68.6 Å². The van der Waals surface area contributed by atoms with Gasteiger partial charge in [-0.15, -0.1) is 4.68 Å². The van der Waals surface area contributed by atoms with E-state index in [9.17, 15) is 4.79 Å². The lowest BCUT2D eigenvalue weighted by atomic mass is 10.2. The van der Waals surface area contributed by atoms with Crippen molar-refractivity contribution in [2.45, 2.75) is 20.5 Å². The maximum absolute atomic E-state index is 12.1. The van der Waals surface area contributed by atoms with Crippen LogP contribution in [0.2, 0.25) is 0 Å². The van der Waals surface area contributed by atoms with Gasteiger partial charge in [0.25, 0.3) is 0 Å². The van der Waals surface area contributed by atoms with E-state index in [0.717, 1.165) is 22.6 Å². The largest absolute Gasteiger partial charge is 0.373 e. The molecule has 7 nitrogen and oxygen atoms in total. The van der Waals surface area contributed by atoms with E-state index in [4.69, 9.17) is 4.74 Å². The standard InChI is InChI=1S/C19H21N5O2/c1-3-26-13-16-12-24(23-22-16)17-10-8-15(9-11-17)20-19(25)21-18-7-5-4-6-14(18)2/h4-12H,3,13H2,1-2H3,(H2,20,21,25)/p+1. The van der Waals surface area contributed by atoms with Gasteiger partial charge in [-0.05, 0) is 49.7 Å². The quantitative estimate of drug-likeness (QED) is 0.596. The van der Waals surface area contributed by atoms with Crippen LogP contribution in [0.25, 0.3) is 5.69 Å². The lowest BCUT2D eigenvalue weighted by Crippen LogP contribution is -2.31. The van der Waals surface area contributed by atoms with E-state index in [-0.39, 0.29) is 6.03 Å². The summed E-state index contributed by atoms with van der Waals surface area (Å²) < 4.78 is 7.14. The highest BCUT2D eigenvalue weighted by molar-refractivity contribution is 6.00. The van der Waals surface area contributed by atoms with E-state index in [1.165, 1.54) is 0 Å². The Morgan fingerprint density at radius 3 is 2.65 bits per heavy atom. The van der Waals surface area contributed by atoms with E-state index in [1.54, 1.807) is 4.68 Å². The Morgan fingerprint density at radius 2 is 1.92 bits per heavy atom. The molecule has 1 heterocycles. The van der Waals surface area contributed by atoms with Crippen LogP contribution >= 0.6 is 0 Å². The van der Waals surface area contributed by atoms with Gasteiger partial charge in [-0.2, -0.15) is 0 Å². The number of benzene rings is 2. The first-order valence-corrected chi connectivity index (χ1v) is 8.43. The molecule has 0 unspecified atom stereocenters. The lowest BCUT2D eigenvalue weighted by molar-refractivity contribution is -0.659. The van der Waals surface area contributed by atoms with Crippen molar-refractivity contribution in [3.8, 4) is 5.69 Å². The molecule has 7 heteroatoms. The Hall–Kier alpha value is -3.19. The third kappa shape index (κ3) is 4.46. The number of aryl methyl sites for hydroxylation is 1. The highest BCUT2D eigenvalue weighted by Crippen LogP contribution is 2.14. The Kier molecular flexibility index (Phi) is 5.60. The van der Waals surface area contributed by atoms with Gasteiger partial charge in [-0.25, -0.2) is 4.79 Å². The molecule has 3 N–H and O–H groups in total. The first-order valence-electron chi connectivity index (χ1n) is 8.43. The number of amides is 2. The molecule has 3 rings (SSSR count). The topological polar surface area (TPSA) is 82.9 Å². The normalized spacial score (nSPS) is 10.5. The fourth-order valence-corrected chi connectivity index (χ4v) is 2.44. The van der Waals surface area contributed by atoms with Crippen molar-refractivity contribution in [1.29, 1.82) is 0 Å². The molecule has 2 amide bonds. The van der Waals surface area contributed by atoms with Gasteiger partial charge in [0, 0.05) is 23.1 Å². The zero-order chi connectivity index (χ0) is 18.4. The van der Waals surface area contributed by atoms with Gasteiger partial charge >= 0.3 is 6.03 Å². The molecular weight excluding hydrogens is 330 g/mol. The van der Waals surface area contributed by atoms with E-state index < -0.39 is 0 Å². The first kappa shape index (κ1) is 17.6. The van der Waals surface area contributed by atoms with Crippen molar-refractivity contribution in [2.24, 2.45) is 0 Å². The number of carbonyl (C=O) groups is 1. The summed E-state index contributed by atoms with van der Waals surface area (Å²) in [6.45, 7) is 5.02. The molecule has 0 radical (unpaired) electrons. The van der Waals surface area contributed by atoms with Crippen LogP contribution in [0.3, 0.4) is 0 Å². The highest BCUT2D eigenvalue weighted by atomic mass is 16.5. The molecule has 1 aromatic heterocycles. The molecule has 0 fully saturated rings. The predicted molar refractivity (Wildman–Crippen MR) is 99.3 cm³/mol. The van der Waals surface area contributed by atoms with Crippen molar-refractivity contribution in [2.75, 3.05) is 17.2 Å². The second-order valence-electron chi connectivity index (χ2n) is 5.78. The molecule has 3 aromatic rings. The summed E-state index contributed by atoms with van der Waals surface area (Å²) in [6.07, 6.45) is 1.88. The fraction of sp³-hybridized carbons (Fsp3) is 0.211. The lowest BCUT2D eigenvalue weighted by Gasteiger charge is -2.09. The second-order valence-corrected chi connectivity index (χ2v) is 5.78. The third-order valence-electron chi connectivity index (χ3n) is 3.83. The van der Waals surface area contributed by atoms with Crippen molar-refractivity contribution in [3.63, 3.8) is 0 Å². The van der Waals surface area contributed by atoms with Gasteiger partial charge in [0.05, 0.1) is 0 Å². The summed E-state index contributed by atoms with van der Waals surface area (Å²) >= 11 is 0. The maximum atomic E-state index is 12.1. The molecule has 0 aliphatic rings. The SMILES string of the molecule is CCOCc1c[n+](-c2ccc(NC(=O)Nc3ccccc3C)cc2)[nH]n1. The van der Waals surface area contributed by atoms with E-state index in [0.29, 0.717) is 18.9 Å². The zero-order valence-corrected chi connectivity index (χ0v) is 14.8. The summed E-state index contributed by atoms with van der Waals surface area (Å²) in [5, 5.41) is 12.8. The summed E-state index contributed by atoms with van der Waals surface area (Å²) in [7, 11) is 0. The number of aromatic nitrogens is 3. The predicted octanol–water partition coefficient (Wildman–Crippen LogP) is 3.18. The minimum absolute atomic E-state index is 0.278. The zero-order valence-electron chi connectivity index (χ0n) is 14.8. The Morgan fingerprint density at radius 1 is 1.15 bits per heavy atom. The summed E-state index contributed by atoms with van der Waals surface area (Å²) in [5.74, 6) is 0. The highest BCUT2D eigenvalue weighted by Gasteiger charge is 2.11. The number of urea groups is 1. The van der Waals surface area contributed by atoms with Crippen molar-refractivity contribution >= 4 is 17.4 Å². The average molecular weight is 352 g/mol. The fourth-order valence-electron chi connectivity index (χ4n) is 2.44. The van der Waals surface area contributed by atoms with Gasteiger partial charge < -0.3 is 15.4 Å². The van der Waals surface area contributed by atoms with Crippen LogP contribution in [-0.4, -0.2) is 23.0 Å². The minimum atomic E-state index is -0.278. The molecule has 2 aromatic carbocycles. The van der Waals surface area contributed by atoms with Crippen LogP contribution in [0.4, 0.5) is 16.2 Å². The van der Waals surface area contributed by atoms with Crippen molar-refractivity contribution in [3.05, 3.63) is 66.0 Å². The molecule has 0 bridgehead atoms. The number of aromatic amines is 1. The molecule has 26 heavy (non-hydrogen) atoms. The molecule has 0 saturated carbocycles. The van der Waals surface area contributed by atoms with Gasteiger partial charge in [-0.3, -0.25) is 0 Å². The number of rotatable bonds is 6. The van der Waals surface area contributed by atoms with Crippen LogP contribution in [0.5, 0.6) is 0 Å². The minimum Gasteiger partial charge on any atom is -0.373 e. The smallest absolute Gasteiger partial charge is 0.323 e. The number of ether oxygens (including phenoxy) is 1. The van der Waals surface area contributed by atoms with Gasteiger partial charge in [0.2, 0.25) is 5.69 Å². The molecule has 134 valence electrons. The summed E-state index contributed by atoms with van der Waals surface area (Å²) in [5.41, 5.74) is 4.24. The molecule has 0 saturated heterocycles. The van der Waals surface area contributed by atoms with E-state index in [2.05, 4.69) is 20.9 Å². The van der Waals surface area contributed by atoms with Crippen LogP contribution in [0.15, 0.2) is 54.7 Å². The van der Waals surface area contributed by atoms with Gasteiger partial charge in [0.1, 0.15) is 6.61 Å². The maximum Gasteiger partial charge on any atom is 0.323 e. The third-order valence-corrected chi connectivity index (χ3v) is 3.83.